The maximum absolute atomic E-state index is 12.7. The molecule has 1 atom stereocenters. The molecule has 0 aliphatic heterocycles. The highest BCUT2D eigenvalue weighted by atomic mass is 32.1. The molecule has 5 heteroatoms. The molecule has 1 amide bonds. The van der Waals surface area contributed by atoms with Crippen molar-refractivity contribution in [3.63, 3.8) is 0 Å². The van der Waals surface area contributed by atoms with Crippen molar-refractivity contribution >= 4 is 28.7 Å². The summed E-state index contributed by atoms with van der Waals surface area (Å²) in [5.74, 6) is -0.466. The van der Waals surface area contributed by atoms with Gasteiger partial charge in [-0.25, -0.2) is 0 Å². The van der Waals surface area contributed by atoms with E-state index >= 15 is 0 Å². The van der Waals surface area contributed by atoms with E-state index in [2.05, 4.69) is 10.6 Å². The predicted octanol–water partition coefficient (Wildman–Crippen LogP) is 3.80. The first-order chi connectivity index (χ1) is 11.7. The molecule has 0 radical (unpaired) electrons. The molecule has 0 saturated heterocycles. The first-order valence-corrected chi connectivity index (χ1v) is 8.37. The number of hydrogen-bond acceptors (Lipinski definition) is 4. The normalized spacial score (nSPS) is 11.5. The van der Waals surface area contributed by atoms with Crippen molar-refractivity contribution in [1.82, 2.24) is 5.32 Å². The molecule has 2 N–H and O–H groups in total. The summed E-state index contributed by atoms with van der Waals surface area (Å²) in [6.45, 7) is 0. The Morgan fingerprint density at radius 3 is 2.12 bits per heavy atom. The van der Waals surface area contributed by atoms with E-state index < -0.39 is 6.17 Å². The van der Waals surface area contributed by atoms with Gasteiger partial charge in [0.1, 0.15) is 0 Å². The fraction of sp³-hybridized carbons (Fsp3) is 0.0526. The van der Waals surface area contributed by atoms with Crippen LogP contribution < -0.4 is 10.6 Å². The molecule has 1 unspecified atom stereocenters. The van der Waals surface area contributed by atoms with Gasteiger partial charge in [0.25, 0.3) is 5.91 Å². The number of carbonyl (C=O) groups excluding carboxylic acids is 2. The minimum Gasteiger partial charge on any atom is -0.359 e. The average molecular weight is 336 g/mol. The summed E-state index contributed by atoms with van der Waals surface area (Å²) in [7, 11) is 0. The van der Waals surface area contributed by atoms with Gasteiger partial charge in [-0.15, -0.1) is 11.3 Å². The Morgan fingerprint density at radius 2 is 1.50 bits per heavy atom. The third kappa shape index (κ3) is 3.88. The van der Waals surface area contributed by atoms with Gasteiger partial charge in [0.15, 0.2) is 6.17 Å². The van der Waals surface area contributed by atoms with Crippen LogP contribution in [0.5, 0.6) is 0 Å². The molecule has 0 aliphatic rings. The van der Waals surface area contributed by atoms with E-state index in [0.717, 1.165) is 5.69 Å². The van der Waals surface area contributed by atoms with E-state index in [1.807, 2.05) is 47.8 Å². The molecule has 3 aromatic rings. The maximum Gasteiger partial charge on any atom is 0.253 e. The van der Waals surface area contributed by atoms with Crippen molar-refractivity contribution < 1.29 is 9.59 Å². The van der Waals surface area contributed by atoms with Crippen LogP contribution in [0.25, 0.3) is 0 Å². The largest absolute Gasteiger partial charge is 0.359 e. The van der Waals surface area contributed by atoms with Gasteiger partial charge in [0.05, 0.1) is 4.88 Å². The number of thiophene rings is 1. The Balaban J connectivity index is 1.81. The molecule has 0 bridgehead atoms. The summed E-state index contributed by atoms with van der Waals surface area (Å²) in [5.41, 5.74) is 1.28. The van der Waals surface area contributed by atoms with Gasteiger partial charge in [-0.1, -0.05) is 42.5 Å². The second-order valence-corrected chi connectivity index (χ2v) is 6.07. The molecule has 4 nitrogen and oxygen atoms in total. The van der Waals surface area contributed by atoms with Crippen LogP contribution in [0.4, 0.5) is 5.69 Å². The fourth-order valence-corrected chi connectivity index (χ4v) is 2.93. The zero-order chi connectivity index (χ0) is 16.8. The molecule has 0 aliphatic carbocycles. The van der Waals surface area contributed by atoms with Crippen molar-refractivity contribution in [1.29, 1.82) is 0 Å². The fourth-order valence-electron chi connectivity index (χ4n) is 2.23. The van der Waals surface area contributed by atoms with E-state index in [4.69, 9.17) is 0 Å². The lowest BCUT2D eigenvalue weighted by molar-refractivity contribution is 0.0871. The summed E-state index contributed by atoms with van der Waals surface area (Å²) < 4.78 is 0. The van der Waals surface area contributed by atoms with Gasteiger partial charge >= 0.3 is 0 Å². The quantitative estimate of drug-likeness (QED) is 0.532. The van der Waals surface area contributed by atoms with Crippen LogP contribution in [0.3, 0.4) is 0 Å². The SMILES string of the molecule is O=C(NC(Nc1ccccc1)C(=O)c1cccs1)c1ccccc1. The number of amides is 1. The summed E-state index contributed by atoms with van der Waals surface area (Å²) in [6.07, 6.45) is -0.834. The molecule has 3 rings (SSSR count). The lowest BCUT2D eigenvalue weighted by atomic mass is 10.2. The Bertz CT molecular complexity index is 802. The minimum atomic E-state index is -0.834. The smallest absolute Gasteiger partial charge is 0.253 e. The summed E-state index contributed by atoms with van der Waals surface area (Å²) in [5, 5.41) is 7.71. The highest BCUT2D eigenvalue weighted by Gasteiger charge is 2.23. The number of benzene rings is 2. The lowest BCUT2D eigenvalue weighted by Crippen LogP contribution is -2.46. The molecule has 0 fully saturated rings. The Kier molecular flexibility index (Phi) is 5.03. The topological polar surface area (TPSA) is 58.2 Å². The highest BCUT2D eigenvalue weighted by Crippen LogP contribution is 2.14. The van der Waals surface area contributed by atoms with E-state index in [0.29, 0.717) is 10.4 Å². The van der Waals surface area contributed by atoms with E-state index in [9.17, 15) is 9.59 Å². The average Bonchev–Trinajstić information content (AvgIpc) is 3.17. The Morgan fingerprint density at radius 1 is 0.833 bits per heavy atom. The molecule has 1 heterocycles. The van der Waals surface area contributed by atoms with Crippen molar-refractivity contribution in [3.8, 4) is 0 Å². The summed E-state index contributed by atoms with van der Waals surface area (Å²) in [6, 6.07) is 21.7. The standard InChI is InChI=1S/C19H16N2O2S/c22-17(16-12-7-13-24-16)18(20-15-10-5-2-6-11-15)21-19(23)14-8-3-1-4-9-14/h1-13,18,20H,(H,21,23). The van der Waals surface area contributed by atoms with E-state index in [1.54, 1.807) is 30.3 Å². The first-order valence-electron chi connectivity index (χ1n) is 7.49. The van der Waals surface area contributed by atoms with Gasteiger partial charge in [0.2, 0.25) is 5.78 Å². The lowest BCUT2D eigenvalue weighted by Gasteiger charge is -2.20. The molecule has 0 spiro atoms. The summed E-state index contributed by atoms with van der Waals surface area (Å²) in [4.78, 5) is 25.7. The maximum atomic E-state index is 12.7. The number of rotatable bonds is 6. The van der Waals surface area contributed by atoms with Gasteiger partial charge in [-0.05, 0) is 35.7 Å². The third-order valence-corrected chi connectivity index (χ3v) is 4.31. The number of carbonyl (C=O) groups is 2. The molecule has 24 heavy (non-hydrogen) atoms. The van der Waals surface area contributed by atoms with Gasteiger partial charge < -0.3 is 10.6 Å². The molecule has 120 valence electrons. The van der Waals surface area contributed by atoms with Crippen molar-refractivity contribution in [2.24, 2.45) is 0 Å². The van der Waals surface area contributed by atoms with E-state index in [1.165, 1.54) is 11.3 Å². The molecule has 0 saturated carbocycles. The molecule has 2 aromatic carbocycles. The highest BCUT2D eigenvalue weighted by molar-refractivity contribution is 7.12. The van der Waals surface area contributed by atoms with Crippen LogP contribution in [-0.2, 0) is 0 Å². The van der Waals surface area contributed by atoms with Crippen molar-refractivity contribution in [2.75, 3.05) is 5.32 Å². The number of nitrogens with one attached hydrogen (secondary N) is 2. The molecular weight excluding hydrogens is 320 g/mol. The monoisotopic (exact) mass is 336 g/mol. The Labute approximate surface area is 144 Å². The van der Waals surface area contributed by atoms with Crippen LogP contribution >= 0.6 is 11.3 Å². The van der Waals surface area contributed by atoms with Crippen LogP contribution in [-0.4, -0.2) is 17.9 Å². The predicted molar refractivity (Wildman–Crippen MR) is 96.4 cm³/mol. The summed E-state index contributed by atoms with van der Waals surface area (Å²) >= 11 is 1.35. The molecular formula is C19H16N2O2S. The number of para-hydroxylation sites is 1. The zero-order valence-electron chi connectivity index (χ0n) is 12.8. The minimum absolute atomic E-state index is 0.168. The van der Waals surface area contributed by atoms with E-state index in [-0.39, 0.29) is 11.7 Å². The zero-order valence-corrected chi connectivity index (χ0v) is 13.6. The van der Waals surface area contributed by atoms with Crippen LogP contribution in [0, 0.1) is 0 Å². The van der Waals surface area contributed by atoms with Crippen LogP contribution in [0.15, 0.2) is 78.2 Å². The van der Waals surface area contributed by atoms with Crippen LogP contribution in [0.1, 0.15) is 20.0 Å². The number of Topliss-reactive ketones (excluding diaryl/α,β-unsaturated/α-hetero) is 1. The van der Waals surface area contributed by atoms with Gasteiger partial charge in [-0.3, -0.25) is 9.59 Å². The van der Waals surface area contributed by atoms with Crippen molar-refractivity contribution in [3.05, 3.63) is 88.6 Å². The van der Waals surface area contributed by atoms with Gasteiger partial charge in [0, 0.05) is 11.3 Å². The molecule has 1 aromatic heterocycles. The van der Waals surface area contributed by atoms with Crippen molar-refractivity contribution in [2.45, 2.75) is 6.17 Å². The first kappa shape index (κ1) is 16.0. The third-order valence-electron chi connectivity index (χ3n) is 3.42. The number of ketones is 1. The van der Waals surface area contributed by atoms with Gasteiger partial charge in [-0.2, -0.15) is 0 Å². The van der Waals surface area contributed by atoms with Crippen LogP contribution in [0.2, 0.25) is 0 Å². The second kappa shape index (κ2) is 7.57. The Hall–Kier alpha value is -2.92. The number of anilines is 1. The second-order valence-electron chi connectivity index (χ2n) is 5.12. The number of hydrogen-bond donors (Lipinski definition) is 2.